The van der Waals surface area contributed by atoms with Crippen LogP contribution < -0.4 is 9.64 Å². The van der Waals surface area contributed by atoms with Crippen LogP contribution >= 0.6 is 0 Å². The highest BCUT2D eigenvalue weighted by Gasteiger charge is 2.00. The van der Waals surface area contributed by atoms with Crippen molar-refractivity contribution in [1.82, 2.24) is 4.90 Å². The van der Waals surface area contributed by atoms with E-state index in [9.17, 15) is 0 Å². The van der Waals surface area contributed by atoms with Crippen molar-refractivity contribution in [3.63, 3.8) is 0 Å². The zero-order valence-electron chi connectivity index (χ0n) is 17.0. The van der Waals surface area contributed by atoms with Crippen molar-refractivity contribution < 1.29 is 4.74 Å². The fourth-order valence-corrected chi connectivity index (χ4v) is 2.66. The molecule has 0 radical (unpaired) electrons. The Hall–Kier alpha value is -2.95. The lowest BCUT2D eigenvalue weighted by Crippen LogP contribution is -2.21. The van der Waals surface area contributed by atoms with Crippen molar-refractivity contribution in [2.75, 3.05) is 52.3 Å². The molecule has 148 valence electrons. The first kappa shape index (κ1) is 21.4. The summed E-state index contributed by atoms with van der Waals surface area (Å²) in [4.78, 5) is 7.10. The maximum absolute atomic E-state index is 8.24. The Morgan fingerprint density at radius 2 is 1.75 bits per heavy atom. The third-order valence-corrected chi connectivity index (χ3v) is 4.37. The van der Waals surface area contributed by atoms with E-state index in [4.69, 9.17) is 10.3 Å². The van der Waals surface area contributed by atoms with Gasteiger partial charge in [0, 0.05) is 37.8 Å². The highest BCUT2D eigenvalue weighted by molar-refractivity contribution is 5.55. The molecule has 2 aromatic rings. The second-order valence-electron chi connectivity index (χ2n) is 6.85. The van der Waals surface area contributed by atoms with Gasteiger partial charge in [-0.2, -0.15) is 0 Å². The molecule has 0 unspecified atom stereocenters. The minimum atomic E-state index is 0.344. The van der Waals surface area contributed by atoms with E-state index >= 15 is 0 Å². The summed E-state index contributed by atoms with van der Waals surface area (Å²) < 4.78 is 5.52. The quantitative estimate of drug-likeness (QED) is 0.247. The minimum Gasteiger partial charge on any atom is -0.493 e. The van der Waals surface area contributed by atoms with Crippen molar-refractivity contribution >= 4 is 11.8 Å². The van der Waals surface area contributed by atoms with Crippen LogP contribution in [0.1, 0.15) is 11.1 Å². The van der Waals surface area contributed by atoms with Gasteiger partial charge in [0.1, 0.15) is 5.75 Å². The first-order valence-electron chi connectivity index (χ1n) is 9.43. The Kier molecular flexibility index (Phi) is 8.92. The van der Waals surface area contributed by atoms with Crippen molar-refractivity contribution in [3.8, 4) is 5.75 Å². The molecule has 0 bridgehead atoms. The molecule has 0 aliphatic rings. The molecular weight excluding hydrogens is 350 g/mol. The van der Waals surface area contributed by atoms with Crippen molar-refractivity contribution in [2.45, 2.75) is 6.42 Å². The molecule has 0 amide bonds. The number of ether oxygens (including phenoxy) is 1. The number of benzene rings is 2. The van der Waals surface area contributed by atoms with Crippen LogP contribution in [0, 0.1) is 0 Å². The molecule has 0 aliphatic carbocycles. The molecule has 0 saturated carbocycles. The molecule has 2 rings (SSSR count). The maximum Gasteiger partial charge on any atom is 0.119 e. The lowest BCUT2D eigenvalue weighted by molar-refractivity contribution is 0.328. The normalized spacial score (nSPS) is 10.9. The predicted octanol–water partition coefficient (Wildman–Crippen LogP) is 4.63. The van der Waals surface area contributed by atoms with E-state index in [0.717, 1.165) is 25.3 Å². The standard InChI is InChI=1S/C22H29N5O/c1-26(2)21-10-6-19(7-11-21)5-4-16-27(3)17-14-20-8-12-22(13-9-20)28-18-15-24-25-23/h4-13H,14-18H2,1-3H3/b5-4+. The van der Waals surface area contributed by atoms with E-state index in [1.165, 1.54) is 16.8 Å². The van der Waals surface area contributed by atoms with E-state index in [1.54, 1.807) is 0 Å². The average molecular weight is 380 g/mol. The molecule has 0 aromatic heterocycles. The van der Waals surface area contributed by atoms with Gasteiger partial charge in [-0.1, -0.05) is 41.5 Å². The minimum absolute atomic E-state index is 0.344. The number of rotatable bonds is 11. The molecule has 0 aliphatic heterocycles. The van der Waals surface area contributed by atoms with Crippen LogP contribution in [0.4, 0.5) is 5.69 Å². The highest BCUT2D eigenvalue weighted by Crippen LogP contribution is 2.14. The second kappa shape index (κ2) is 11.7. The summed E-state index contributed by atoms with van der Waals surface area (Å²) in [5, 5.41) is 3.45. The van der Waals surface area contributed by atoms with Gasteiger partial charge in [0.2, 0.25) is 0 Å². The Bertz CT molecular complexity index is 778. The van der Waals surface area contributed by atoms with E-state index in [1.807, 2.05) is 26.2 Å². The third-order valence-electron chi connectivity index (χ3n) is 4.37. The molecular formula is C22H29N5O. The lowest BCUT2D eigenvalue weighted by Gasteiger charge is -2.14. The van der Waals surface area contributed by atoms with Crippen LogP contribution in [0.2, 0.25) is 0 Å². The zero-order valence-corrected chi connectivity index (χ0v) is 17.0. The first-order valence-corrected chi connectivity index (χ1v) is 9.43. The SMILES string of the molecule is CN(C/C=C/c1ccc(N(C)C)cc1)CCc1ccc(OCCN=[N+]=[N-])cc1. The van der Waals surface area contributed by atoms with Gasteiger partial charge in [-0.15, -0.1) is 0 Å². The van der Waals surface area contributed by atoms with Crippen molar-refractivity contribution in [3.05, 3.63) is 76.2 Å². The number of azide groups is 1. The van der Waals surface area contributed by atoms with E-state index in [0.29, 0.717) is 13.2 Å². The monoisotopic (exact) mass is 379 g/mol. The Labute approximate surface area is 167 Å². The van der Waals surface area contributed by atoms with Crippen molar-refractivity contribution in [2.24, 2.45) is 5.11 Å². The van der Waals surface area contributed by atoms with Crippen LogP contribution in [-0.2, 0) is 6.42 Å². The van der Waals surface area contributed by atoms with Crippen LogP contribution in [0.5, 0.6) is 5.75 Å². The number of likely N-dealkylation sites (N-methyl/N-ethyl adjacent to an activating group) is 1. The largest absolute Gasteiger partial charge is 0.493 e. The molecule has 0 spiro atoms. The molecule has 6 nitrogen and oxygen atoms in total. The Morgan fingerprint density at radius 1 is 1.04 bits per heavy atom. The zero-order chi connectivity index (χ0) is 20.2. The van der Waals surface area contributed by atoms with E-state index in [-0.39, 0.29) is 0 Å². The van der Waals surface area contributed by atoms with Gasteiger partial charge in [-0.3, -0.25) is 0 Å². The number of nitrogens with zero attached hydrogens (tertiary/aromatic N) is 5. The van der Waals surface area contributed by atoms with E-state index < -0.39 is 0 Å². The Balaban J connectivity index is 1.71. The topological polar surface area (TPSA) is 64.5 Å². The number of hydrogen-bond acceptors (Lipinski definition) is 4. The third kappa shape index (κ3) is 7.74. The van der Waals surface area contributed by atoms with Gasteiger partial charge < -0.3 is 14.5 Å². The molecule has 0 N–H and O–H groups in total. The lowest BCUT2D eigenvalue weighted by atomic mass is 10.1. The summed E-state index contributed by atoms with van der Waals surface area (Å²) in [6.45, 7) is 2.64. The summed E-state index contributed by atoms with van der Waals surface area (Å²) in [6.07, 6.45) is 5.35. The molecule has 6 heteroatoms. The summed E-state index contributed by atoms with van der Waals surface area (Å²) in [6, 6.07) is 16.6. The van der Waals surface area contributed by atoms with Gasteiger partial charge >= 0.3 is 0 Å². The summed E-state index contributed by atoms with van der Waals surface area (Å²) in [7, 11) is 6.23. The fraction of sp³-hybridized carbons (Fsp3) is 0.364. The number of hydrogen-bond donors (Lipinski definition) is 0. The van der Waals surface area contributed by atoms with Crippen molar-refractivity contribution in [1.29, 1.82) is 0 Å². The van der Waals surface area contributed by atoms with E-state index in [2.05, 4.69) is 75.4 Å². The van der Waals surface area contributed by atoms with Crippen LogP contribution in [-0.4, -0.2) is 52.3 Å². The van der Waals surface area contributed by atoms with Crippen LogP contribution in [0.25, 0.3) is 16.5 Å². The molecule has 0 fully saturated rings. The van der Waals surface area contributed by atoms with Crippen LogP contribution in [0.15, 0.2) is 59.7 Å². The number of anilines is 1. The highest BCUT2D eigenvalue weighted by atomic mass is 16.5. The molecule has 0 atom stereocenters. The maximum atomic E-state index is 8.24. The summed E-state index contributed by atoms with van der Waals surface area (Å²) in [5.74, 6) is 0.800. The van der Waals surface area contributed by atoms with Gasteiger partial charge in [0.25, 0.3) is 0 Å². The van der Waals surface area contributed by atoms with Crippen LogP contribution in [0.3, 0.4) is 0 Å². The second-order valence-corrected chi connectivity index (χ2v) is 6.85. The average Bonchev–Trinajstić information content (AvgIpc) is 2.71. The fourth-order valence-electron chi connectivity index (χ4n) is 2.66. The molecule has 2 aromatic carbocycles. The van der Waals surface area contributed by atoms with Gasteiger partial charge in [0.05, 0.1) is 13.2 Å². The summed E-state index contributed by atoms with van der Waals surface area (Å²) >= 11 is 0. The van der Waals surface area contributed by atoms with Gasteiger partial charge in [-0.25, -0.2) is 0 Å². The molecule has 28 heavy (non-hydrogen) atoms. The first-order chi connectivity index (χ1) is 13.6. The molecule has 0 heterocycles. The van der Waals surface area contributed by atoms with Gasteiger partial charge in [0.15, 0.2) is 0 Å². The van der Waals surface area contributed by atoms with Gasteiger partial charge in [-0.05, 0) is 54.4 Å². The molecule has 0 saturated heterocycles. The summed E-state index contributed by atoms with van der Waals surface area (Å²) in [5.41, 5.74) is 11.9. The predicted molar refractivity (Wildman–Crippen MR) is 117 cm³/mol. The Morgan fingerprint density at radius 3 is 2.39 bits per heavy atom. The smallest absolute Gasteiger partial charge is 0.119 e.